The molecular weight excluding hydrogens is 369 g/mol. The molecule has 0 spiro atoms. The van der Waals surface area contributed by atoms with Gasteiger partial charge in [0, 0.05) is 12.1 Å². The second-order valence-electron chi connectivity index (χ2n) is 3.89. The third-order valence-corrected chi connectivity index (χ3v) is 3.43. The number of halogens is 3. The van der Waals surface area contributed by atoms with Crippen LogP contribution < -0.4 is 4.74 Å². The first-order valence-electron chi connectivity index (χ1n) is 5.48. The summed E-state index contributed by atoms with van der Waals surface area (Å²) in [4.78, 5) is 20.9. The first kappa shape index (κ1) is 15.4. The summed E-state index contributed by atoms with van der Waals surface area (Å²) in [7, 11) is 0. The van der Waals surface area contributed by atoms with Gasteiger partial charge in [-0.3, -0.25) is 14.9 Å². The highest BCUT2D eigenvalue weighted by molar-refractivity contribution is 9.10. The smallest absolute Gasteiger partial charge is 0.280 e. The van der Waals surface area contributed by atoms with Crippen LogP contribution in [0.15, 0.2) is 34.8 Å². The molecule has 8 heteroatoms. The van der Waals surface area contributed by atoms with E-state index in [4.69, 9.17) is 16.3 Å². The highest BCUT2D eigenvalue weighted by atomic mass is 79.9. The molecule has 0 fully saturated rings. The van der Waals surface area contributed by atoms with Crippen LogP contribution in [0.1, 0.15) is 10.4 Å². The zero-order valence-electron chi connectivity index (χ0n) is 10.2. The Morgan fingerprint density at radius 2 is 2.05 bits per heavy atom. The van der Waals surface area contributed by atoms with Crippen molar-refractivity contribution < 1.29 is 18.8 Å². The Bertz CT molecular complexity index is 738. The number of carbonyl (C=O) groups excluding carboxylic acids is 1. The maximum Gasteiger partial charge on any atom is 0.280 e. The normalized spacial score (nSPS) is 10.2. The van der Waals surface area contributed by atoms with Gasteiger partial charge in [0.25, 0.3) is 5.69 Å². The first-order chi connectivity index (χ1) is 9.92. The molecular formula is C13H6BrClFNO4. The molecule has 2 aromatic carbocycles. The lowest BCUT2D eigenvalue weighted by Crippen LogP contribution is -1.95. The van der Waals surface area contributed by atoms with Gasteiger partial charge in [0.1, 0.15) is 17.3 Å². The molecule has 0 aliphatic rings. The van der Waals surface area contributed by atoms with Crippen molar-refractivity contribution in [2.24, 2.45) is 0 Å². The van der Waals surface area contributed by atoms with Gasteiger partial charge in [0.15, 0.2) is 6.29 Å². The minimum absolute atomic E-state index is 0.0773. The van der Waals surface area contributed by atoms with Crippen LogP contribution in [-0.2, 0) is 0 Å². The molecule has 0 unspecified atom stereocenters. The fourth-order valence-electron chi connectivity index (χ4n) is 1.57. The highest BCUT2D eigenvalue weighted by Gasteiger charge is 2.15. The predicted octanol–water partition coefficient (Wildman–Crippen LogP) is 4.75. The van der Waals surface area contributed by atoms with Gasteiger partial charge in [-0.1, -0.05) is 11.6 Å². The summed E-state index contributed by atoms with van der Waals surface area (Å²) < 4.78 is 19.2. The number of nitro benzene ring substituents is 1. The van der Waals surface area contributed by atoms with Crippen LogP contribution in [-0.4, -0.2) is 11.2 Å². The van der Waals surface area contributed by atoms with Crippen molar-refractivity contribution in [3.8, 4) is 11.5 Å². The summed E-state index contributed by atoms with van der Waals surface area (Å²) in [5, 5.41) is 10.6. The molecule has 0 N–H and O–H groups in total. The van der Waals surface area contributed by atoms with Crippen LogP contribution in [0.3, 0.4) is 0 Å². The van der Waals surface area contributed by atoms with E-state index in [0.717, 1.165) is 12.1 Å². The molecule has 5 nitrogen and oxygen atoms in total. The average molecular weight is 375 g/mol. The van der Waals surface area contributed by atoms with Crippen molar-refractivity contribution in [1.29, 1.82) is 0 Å². The van der Waals surface area contributed by atoms with E-state index in [1.165, 1.54) is 18.2 Å². The quantitative estimate of drug-likeness (QED) is 0.335. The van der Waals surface area contributed by atoms with E-state index in [2.05, 4.69) is 15.9 Å². The van der Waals surface area contributed by atoms with Crippen molar-refractivity contribution in [1.82, 2.24) is 0 Å². The van der Waals surface area contributed by atoms with Crippen molar-refractivity contribution in [2.75, 3.05) is 0 Å². The molecule has 2 aromatic rings. The average Bonchev–Trinajstić information content (AvgIpc) is 2.44. The number of hydrogen-bond acceptors (Lipinski definition) is 4. The Labute approximate surface area is 131 Å². The van der Waals surface area contributed by atoms with Crippen LogP contribution in [0.25, 0.3) is 0 Å². The number of aldehydes is 1. The SMILES string of the molecule is O=Cc1cc(Oc2cc(F)c(Cl)cc2Br)ccc1[N+](=O)[O-]. The van der Waals surface area contributed by atoms with Gasteiger partial charge in [0.05, 0.1) is 20.0 Å². The molecule has 0 aromatic heterocycles. The monoisotopic (exact) mass is 373 g/mol. The highest BCUT2D eigenvalue weighted by Crippen LogP contribution is 2.34. The largest absolute Gasteiger partial charge is 0.456 e. The Hall–Kier alpha value is -1.99. The lowest BCUT2D eigenvalue weighted by atomic mass is 10.2. The Morgan fingerprint density at radius 3 is 2.67 bits per heavy atom. The van der Waals surface area contributed by atoms with Crippen molar-refractivity contribution in [3.63, 3.8) is 0 Å². The van der Waals surface area contributed by atoms with Gasteiger partial charge in [-0.2, -0.15) is 0 Å². The molecule has 21 heavy (non-hydrogen) atoms. The molecule has 0 amide bonds. The fraction of sp³-hybridized carbons (Fsp3) is 0. The number of nitro groups is 1. The number of benzene rings is 2. The lowest BCUT2D eigenvalue weighted by molar-refractivity contribution is -0.385. The summed E-state index contributed by atoms with van der Waals surface area (Å²) in [5.41, 5.74) is -0.471. The minimum Gasteiger partial charge on any atom is -0.456 e. The first-order valence-corrected chi connectivity index (χ1v) is 6.65. The Morgan fingerprint density at radius 1 is 1.33 bits per heavy atom. The lowest BCUT2D eigenvalue weighted by Gasteiger charge is -2.09. The van der Waals surface area contributed by atoms with Crippen LogP contribution in [0.5, 0.6) is 11.5 Å². The van der Waals surface area contributed by atoms with Crippen LogP contribution in [0, 0.1) is 15.9 Å². The van der Waals surface area contributed by atoms with Crippen LogP contribution in [0.2, 0.25) is 5.02 Å². The zero-order valence-corrected chi connectivity index (χ0v) is 12.5. The fourth-order valence-corrected chi connectivity index (χ4v) is 2.29. The van der Waals surface area contributed by atoms with Crippen LogP contribution >= 0.6 is 27.5 Å². The molecule has 0 aliphatic heterocycles. The van der Waals surface area contributed by atoms with E-state index >= 15 is 0 Å². The van der Waals surface area contributed by atoms with Crippen molar-refractivity contribution in [3.05, 3.63) is 61.3 Å². The number of rotatable bonds is 4. The zero-order chi connectivity index (χ0) is 15.6. The van der Waals surface area contributed by atoms with Crippen molar-refractivity contribution >= 4 is 39.5 Å². The second-order valence-corrected chi connectivity index (χ2v) is 5.16. The molecule has 0 bridgehead atoms. The number of nitrogens with zero attached hydrogens (tertiary/aromatic N) is 1. The predicted molar refractivity (Wildman–Crippen MR) is 77.7 cm³/mol. The molecule has 0 saturated heterocycles. The van der Waals surface area contributed by atoms with E-state index < -0.39 is 10.7 Å². The second kappa shape index (κ2) is 6.19. The van der Waals surface area contributed by atoms with Gasteiger partial charge in [-0.15, -0.1) is 0 Å². The molecule has 0 heterocycles. The van der Waals surface area contributed by atoms with Gasteiger partial charge < -0.3 is 4.74 Å². The maximum atomic E-state index is 13.4. The summed E-state index contributed by atoms with van der Waals surface area (Å²) in [6, 6.07) is 6.03. The summed E-state index contributed by atoms with van der Waals surface area (Å²) >= 11 is 8.77. The van der Waals surface area contributed by atoms with Gasteiger partial charge in [-0.25, -0.2) is 4.39 Å². The molecule has 0 radical (unpaired) electrons. The summed E-state index contributed by atoms with van der Waals surface area (Å²) in [5.74, 6) is -0.389. The molecule has 0 atom stereocenters. The molecule has 0 saturated carbocycles. The van der Waals surface area contributed by atoms with Gasteiger partial charge >= 0.3 is 0 Å². The van der Waals surface area contributed by atoms with E-state index in [1.807, 2.05) is 0 Å². The van der Waals surface area contributed by atoms with E-state index in [-0.39, 0.29) is 27.8 Å². The summed E-state index contributed by atoms with van der Waals surface area (Å²) in [6.45, 7) is 0. The Balaban J connectivity index is 2.38. The van der Waals surface area contributed by atoms with E-state index in [0.29, 0.717) is 10.8 Å². The van der Waals surface area contributed by atoms with E-state index in [9.17, 15) is 19.3 Å². The third-order valence-electron chi connectivity index (χ3n) is 2.53. The van der Waals surface area contributed by atoms with Crippen molar-refractivity contribution in [2.45, 2.75) is 0 Å². The van der Waals surface area contributed by atoms with Gasteiger partial charge in [0.2, 0.25) is 0 Å². The molecule has 0 aliphatic carbocycles. The molecule has 2 rings (SSSR count). The van der Waals surface area contributed by atoms with Crippen LogP contribution in [0.4, 0.5) is 10.1 Å². The number of carbonyl (C=O) groups is 1. The molecule has 108 valence electrons. The Kier molecular flexibility index (Phi) is 4.54. The van der Waals surface area contributed by atoms with E-state index in [1.54, 1.807) is 0 Å². The topological polar surface area (TPSA) is 69.4 Å². The number of ether oxygens (including phenoxy) is 1. The third kappa shape index (κ3) is 3.37. The van der Waals surface area contributed by atoms with Gasteiger partial charge in [-0.05, 0) is 34.1 Å². The minimum atomic E-state index is -0.675. The maximum absolute atomic E-state index is 13.4. The number of hydrogen-bond donors (Lipinski definition) is 0. The summed E-state index contributed by atoms with van der Waals surface area (Å²) in [6.07, 6.45) is 0.350. The standard InChI is InChI=1S/C13H6BrClFNO4/c14-9-4-10(15)11(16)5-13(9)21-8-1-2-12(17(19)20)7(3-8)6-18/h1-6H.